The lowest BCUT2D eigenvalue weighted by molar-refractivity contribution is -0.491. The number of aliphatic hydroxyl groups excluding tert-OH is 1. The largest absolute Gasteiger partial charge is 0.393 e. The van der Waals surface area contributed by atoms with Crippen LogP contribution < -0.4 is 0 Å². The van der Waals surface area contributed by atoms with Gasteiger partial charge < -0.3 is 10.2 Å². The number of fused-ring (bicyclic) bond motifs is 5. The van der Waals surface area contributed by atoms with Crippen LogP contribution in [0.1, 0.15) is 65.2 Å². The van der Waals surface area contributed by atoms with Gasteiger partial charge in [-0.2, -0.15) is 0 Å². The monoisotopic (exact) mass is 404 g/mol. The number of hydrogen-bond donors (Lipinski definition) is 3. The molecule has 0 amide bonds. The van der Waals surface area contributed by atoms with Gasteiger partial charge in [0.25, 0.3) is 0 Å². The SMILES string of the molecule is C#C[C@]1(O)C(=C)CC2C3C(CC[C@@]21C)[C@@]1(C)CC[C@H](CCOOO)C[C@H]1C[C@@H]3O. The van der Waals surface area contributed by atoms with Crippen molar-refractivity contribution in [2.45, 2.75) is 76.9 Å². The molecule has 0 aromatic carbocycles. The summed E-state index contributed by atoms with van der Waals surface area (Å²) in [5.41, 5.74) is -0.688. The van der Waals surface area contributed by atoms with Crippen molar-refractivity contribution in [1.82, 2.24) is 0 Å². The Morgan fingerprint density at radius 1 is 1.21 bits per heavy atom. The van der Waals surface area contributed by atoms with Crippen molar-refractivity contribution >= 4 is 0 Å². The van der Waals surface area contributed by atoms with E-state index in [1.807, 2.05) is 0 Å². The Kier molecular flexibility index (Phi) is 5.41. The van der Waals surface area contributed by atoms with E-state index in [0.717, 1.165) is 56.9 Å². The van der Waals surface area contributed by atoms with E-state index >= 15 is 0 Å². The summed E-state index contributed by atoms with van der Waals surface area (Å²) in [7, 11) is 0. The fraction of sp³-hybridized carbons (Fsp3) is 0.833. The maximum absolute atomic E-state index is 11.3. The van der Waals surface area contributed by atoms with Crippen molar-refractivity contribution in [2.75, 3.05) is 6.61 Å². The van der Waals surface area contributed by atoms with E-state index in [4.69, 9.17) is 11.7 Å². The number of aliphatic hydroxyl groups is 2. The first-order valence-electron chi connectivity index (χ1n) is 11.2. The molecular weight excluding hydrogens is 368 g/mol. The van der Waals surface area contributed by atoms with Crippen LogP contribution in [0.25, 0.3) is 0 Å². The van der Waals surface area contributed by atoms with Crippen LogP contribution >= 0.6 is 0 Å². The summed E-state index contributed by atoms with van der Waals surface area (Å²) in [5, 5.41) is 34.7. The van der Waals surface area contributed by atoms with Crippen molar-refractivity contribution in [3.8, 4) is 12.3 Å². The third-order valence-corrected chi connectivity index (χ3v) is 9.86. The van der Waals surface area contributed by atoms with Gasteiger partial charge in [0.15, 0.2) is 5.60 Å². The van der Waals surface area contributed by atoms with Crippen LogP contribution in [0.5, 0.6) is 0 Å². The highest BCUT2D eigenvalue weighted by Crippen LogP contribution is 2.69. The van der Waals surface area contributed by atoms with Crippen molar-refractivity contribution < 1.29 is 25.4 Å². The molecule has 5 nitrogen and oxygen atoms in total. The highest BCUT2D eigenvalue weighted by atomic mass is 17.5. The van der Waals surface area contributed by atoms with Gasteiger partial charge in [-0.25, -0.2) is 10.1 Å². The van der Waals surface area contributed by atoms with Gasteiger partial charge in [0.2, 0.25) is 0 Å². The molecule has 0 aromatic heterocycles. The van der Waals surface area contributed by atoms with Crippen LogP contribution in [-0.4, -0.2) is 33.8 Å². The van der Waals surface area contributed by atoms with Crippen LogP contribution in [0, 0.1) is 52.8 Å². The Morgan fingerprint density at radius 2 is 1.97 bits per heavy atom. The van der Waals surface area contributed by atoms with Gasteiger partial charge in [0.1, 0.15) is 0 Å². The predicted molar refractivity (Wildman–Crippen MR) is 109 cm³/mol. The van der Waals surface area contributed by atoms with E-state index in [0.29, 0.717) is 24.4 Å². The summed E-state index contributed by atoms with van der Waals surface area (Å²) in [5.74, 6) is 4.53. The van der Waals surface area contributed by atoms with Crippen LogP contribution in [0.15, 0.2) is 12.2 Å². The quantitative estimate of drug-likeness (QED) is 0.217. The summed E-state index contributed by atoms with van der Waals surface area (Å²) >= 11 is 0. The van der Waals surface area contributed by atoms with E-state index < -0.39 is 11.0 Å². The average Bonchev–Trinajstić information content (AvgIpc) is 2.90. The lowest BCUT2D eigenvalue weighted by Gasteiger charge is -2.62. The highest BCUT2D eigenvalue weighted by Gasteiger charge is 2.67. The average molecular weight is 405 g/mol. The Balaban J connectivity index is 1.57. The summed E-state index contributed by atoms with van der Waals surface area (Å²) < 4.78 is 0. The lowest BCUT2D eigenvalue weighted by atomic mass is 9.43. The molecule has 162 valence electrons. The molecule has 0 radical (unpaired) electrons. The molecule has 3 unspecified atom stereocenters. The minimum atomic E-state index is -1.26. The molecule has 29 heavy (non-hydrogen) atoms. The standard InChI is InChI=1S/C24H36O5/c1-5-24(26)15(2)12-19-21-18(7-10-23(19,24)4)22(3)9-6-16(8-11-28-29-27)13-17(22)14-20(21)25/h1,16-21,25-27H,2,6-14H2,3-4H3/t16-,17+,18?,19?,20+,21?,22+,23+,24+/m1/s1. The second kappa shape index (κ2) is 7.35. The molecule has 5 heteroatoms. The summed E-state index contributed by atoms with van der Waals surface area (Å²) in [4.78, 5) is 4.66. The Morgan fingerprint density at radius 3 is 2.66 bits per heavy atom. The fourth-order valence-corrected chi connectivity index (χ4v) is 8.06. The van der Waals surface area contributed by atoms with Crippen molar-refractivity contribution in [2.24, 2.45) is 40.4 Å². The third-order valence-electron chi connectivity index (χ3n) is 9.86. The van der Waals surface area contributed by atoms with E-state index in [1.54, 1.807) is 0 Å². The van der Waals surface area contributed by atoms with Crippen LogP contribution in [0.3, 0.4) is 0 Å². The van der Waals surface area contributed by atoms with E-state index in [1.165, 1.54) is 0 Å². The zero-order valence-corrected chi connectivity index (χ0v) is 17.8. The molecule has 0 heterocycles. The summed E-state index contributed by atoms with van der Waals surface area (Å²) in [6.45, 7) is 9.09. The van der Waals surface area contributed by atoms with Crippen molar-refractivity contribution in [1.29, 1.82) is 0 Å². The lowest BCUT2D eigenvalue weighted by Crippen LogP contribution is -2.60. The topological polar surface area (TPSA) is 79.2 Å². The molecule has 0 saturated heterocycles. The zero-order chi connectivity index (χ0) is 21.0. The van der Waals surface area contributed by atoms with Crippen LogP contribution in [-0.2, 0) is 9.93 Å². The highest BCUT2D eigenvalue weighted by molar-refractivity contribution is 5.39. The first-order valence-corrected chi connectivity index (χ1v) is 11.2. The molecular formula is C24H36O5. The summed E-state index contributed by atoms with van der Waals surface area (Å²) in [6.07, 6.45) is 13.1. The Labute approximate surface area is 174 Å². The van der Waals surface area contributed by atoms with Gasteiger partial charge in [-0.15, -0.1) is 6.42 Å². The first kappa shape index (κ1) is 21.3. The molecule has 4 rings (SSSR count). The molecule has 0 aromatic rings. The van der Waals surface area contributed by atoms with E-state index in [2.05, 4.69) is 36.3 Å². The van der Waals surface area contributed by atoms with Gasteiger partial charge in [-0.1, -0.05) is 31.4 Å². The second-order valence-corrected chi connectivity index (χ2v) is 10.7. The molecule has 4 aliphatic carbocycles. The maximum Gasteiger partial charge on any atom is 0.152 e. The normalized spacial score (nSPS) is 51.7. The zero-order valence-electron chi connectivity index (χ0n) is 17.8. The third kappa shape index (κ3) is 2.95. The number of terminal acetylenes is 1. The molecule has 4 fully saturated rings. The smallest absolute Gasteiger partial charge is 0.152 e. The molecule has 0 aliphatic heterocycles. The van der Waals surface area contributed by atoms with Crippen LogP contribution in [0.4, 0.5) is 0 Å². The second-order valence-electron chi connectivity index (χ2n) is 10.7. The van der Waals surface area contributed by atoms with Crippen molar-refractivity contribution in [3.63, 3.8) is 0 Å². The predicted octanol–water partition coefficient (Wildman–Crippen LogP) is 3.96. The Hall–Kier alpha value is -0.900. The fourth-order valence-electron chi connectivity index (χ4n) is 8.06. The molecule has 4 saturated carbocycles. The van der Waals surface area contributed by atoms with Crippen molar-refractivity contribution in [3.05, 3.63) is 12.2 Å². The first-order chi connectivity index (χ1) is 13.7. The van der Waals surface area contributed by atoms with E-state index in [-0.39, 0.29) is 23.4 Å². The summed E-state index contributed by atoms with van der Waals surface area (Å²) in [6, 6.07) is 0. The van der Waals surface area contributed by atoms with Gasteiger partial charge >= 0.3 is 0 Å². The number of hydrogen-bond acceptors (Lipinski definition) is 5. The maximum atomic E-state index is 11.3. The minimum absolute atomic E-state index is 0.178. The molecule has 9 atom stereocenters. The van der Waals surface area contributed by atoms with Gasteiger partial charge in [0.05, 0.1) is 12.7 Å². The van der Waals surface area contributed by atoms with Gasteiger partial charge in [-0.3, -0.25) is 0 Å². The number of rotatable bonds is 4. The van der Waals surface area contributed by atoms with Crippen LogP contribution in [0.2, 0.25) is 0 Å². The van der Waals surface area contributed by atoms with E-state index in [9.17, 15) is 10.2 Å². The molecule has 3 N–H and O–H groups in total. The van der Waals surface area contributed by atoms with Gasteiger partial charge in [-0.05, 0) is 91.9 Å². The Bertz CT molecular complexity index is 700. The molecule has 0 spiro atoms. The molecule has 4 aliphatic rings. The minimum Gasteiger partial charge on any atom is -0.393 e. The molecule has 0 bridgehead atoms. The van der Waals surface area contributed by atoms with Gasteiger partial charge in [0, 0.05) is 5.41 Å².